The van der Waals surface area contributed by atoms with Crippen LogP contribution in [0.5, 0.6) is 5.75 Å². The largest absolute Gasteiger partial charge is 0.508 e. The highest BCUT2D eigenvalue weighted by atomic mass is 33.1. The Bertz CT molecular complexity index is 3460. The van der Waals surface area contributed by atoms with Crippen LogP contribution in [0.15, 0.2) is 24.3 Å². The third kappa shape index (κ3) is 33.4. The van der Waals surface area contributed by atoms with Gasteiger partial charge in [0.2, 0.25) is 88.6 Å². The number of amides is 15. The Hall–Kier alpha value is -9.45. The van der Waals surface area contributed by atoms with E-state index in [2.05, 4.69) is 79.8 Å². The van der Waals surface area contributed by atoms with Gasteiger partial charge in [0.1, 0.15) is 84.3 Å². The highest BCUT2D eigenvalue weighted by Gasteiger charge is 2.41. The average molecular weight is 1650 g/mol. The summed E-state index contributed by atoms with van der Waals surface area (Å²) in [5.41, 5.74) is 5.79. The van der Waals surface area contributed by atoms with Crippen LogP contribution in [0, 0.1) is 5.92 Å². The molecule has 23 N–H and O–H groups in total. The van der Waals surface area contributed by atoms with Crippen LogP contribution in [-0.2, 0) is 92.7 Å². The number of aliphatic hydroxyl groups is 2. The van der Waals surface area contributed by atoms with E-state index in [1.54, 1.807) is 6.92 Å². The maximum absolute atomic E-state index is 14.8. The van der Waals surface area contributed by atoms with Crippen molar-refractivity contribution in [2.24, 2.45) is 11.7 Å². The number of benzene rings is 1. The van der Waals surface area contributed by atoms with Crippen LogP contribution >= 0.6 is 43.2 Å². The third-order valence-corrected chi connectivity index (χ3v) is 21.0. The van der Waals surface area contributed by atoms with Crippen molar-refractivity contribution in [3.63, 3.8) is 0 Å². The molecule has 0 spiro atoms. The van der Waals surface area contributed by atoms with Gasteiger partial charge in [-0.25, -0.2) is 9.59 Å². The number of nitrogens with two attached hydrogens (primary N) is 1. The molecule has 4 aliphatic heterocycles. The van der Waals surface area contributed by atoms with Gasteiger partial charge in [0.15, 0.2) is 0 Å². The molecule has 4 saturated heterocycles. The molecule has 4 aliphatic rings. The Morgan fingerprint density at radius 2 is 1.10 bits per heavy atom. The monoisotopic (exact) mass is 1640 g/mol. The van der Waals surface area contributed by atoms with Gasteiger partial charge in [-0.15, -0.1) is 0 Å². The number of carboxylic acids is 3. The molecular formula is C63H95F3N16O24S4. The summed E-state index contributed by atoms with van der Waals surface area (Å²) in [5.74, 6) is -25.6. The SMILES string of the molecule is C.CC[C@H](C)[C@@H]1NC(=O)[C@H](CCC(=O)O)NC(=O)[C@@H](NC(=O)[C@@H](NC(=O)[C@H](CC(N)=O)NC(=O)[C@@H]2CCCN2)[C@@H](C)O)CSSC[C@@H]2NC(=O)[C@H](C)NC(=O)[C@H](C)NC(=O)[C@H](Cc3ccc(O)cc3)NC(=O)[C@H](C)NC(=O)[C@H](CSSC[C@@H](C(=O)O)NC(=O)CNC(=O)[C@H]([C@@H](C)O)NC2=O)NC1=O.O=C(O)C(F)(F)F. The maximum atomic E-state index is 14.8. The molecule has 0 radical (unpaired) electrons. The summed E-state index contributed by atoms with van der Waals surface area (Å²) in [6, 6.07) is -17.9. The molecule has 5 rings (SSSR count). The van der Waals surface area contributed by atoms with Gasteiger partial charge in [0, 0.05) is 35.9 Å². The van der Waals surface area contributed by atoms with Gasteiger partial charge >= 0.3 is 24.1 Å². The molecule has 110 heavy (non-hydrogen) atoms. The predicted octanol–water partition coefficient (Wildman–Crippen LogP) is -6.14. The highest BCUT2D eigenvalue weighted by molar-refractivity contribution is 8.77. The van der Waals surface area contributed by atoms with Crippen molar-refractivity contribution >= 4 is 150 Å². The first-order valence-corrected chi connectivity index (χ1v) is 38.5. The number of aliphatic hydroxyl groups excluding tert-OH is 2. The van der Waals surface area contributed by atoms with Gasteiger partial charge in [-0.05, 0) is 84.0 Å². The van der Waals surface area contributed by atoms with Crippen LogP contribution in [0.2, 0.25) is 0 Å². The summed E-state index contributed by atoms with van der Waals surface area (Å²) in [7, 11) is 2.85. The van der Waals surface area contributed by atoms with Gasteiger partial charge in [-0.2, -0.15) is 13.2 Å². The van der Waals surface area contributed by atoms with Crippen LogP contribution in [-0.4, -0.2) is 276 Å². The minimum atomic E-state index is -5.08. The van der Waals surface area contributed by atoms with Crippen molar-refractivity contribution in [3.05, 3.63) is 29.8 Å². The lowest BCUT2D eigenvalue weighted by molar-refractivity contribution is -0.192. The van der Waals surface area contributed by atoms with E-state index >= 15 is 0 Å². The van der Waals surface area contributed by atoms with E-state index in [0.29, 0.717) is 46.5 Å². The molecule has 1 aromatic rings. The fourth-order valence-electron chi connectivity index (χ4n) is 9.74. The van der Waals surface area contributed by atoms with Crippen molar-refractivity contribution in [2.45, 2.75) is 204 Å². The number of carboxylic acid groups (broad SMARTS) is 3. The highest BCUT2D eigenvalue weighted by Crippen LogP contribution is 2.26. The number of primary amides is 1. The molecule has 4 fully saturated rings. The second kappa shape index (κ2) is 46.9. The predicted molar refractivity (Wildman–Crippen MR) is 389 cm³/mol. The van der Waals surface area contributed by atoms with Crippen molar-refractivity contribution < 1.29 is 130 Å². The van der Waals surface area contributed by atoms with Crippen molar-refractivity contribution in [1.82, 2.24) is 79.8 Å². The van der Waals surface area contributed by atoms with Gasteiger partial charge < -0.3 is 116 Å². The molecule has 0 aromatic heterocycles. The van der Waals surface area contributed by atoms with Gasteiger partial charge in [0.05, 0.1) is 31.2 Å². The molecule has 4 heterocycles. The summed E-state index contributed by atoms with van der Waals surface area (Å²) >= 11 is 0. The number of phenols is 1. The Morgan fingerprint density at radius 1 is 0.600 bits per heavy atom. The Balaban J connectivity index is 0.00000488. The number of fused-ring (bicyclic) bond motifs is 37. The smallest absolute Gasteiger partial charge is 0.490 e. The molecule has 17 atom stereocenters. The fourth-order valence-corrected chi connectivity index (χ4v) is 14.4. The summed E-state index contributed by atoms with van der Waals surface area (Å²) < 4.78 is 31.7. The van der Waals surface area contributed by atoms with Crippen LogP contribution in [0.25, 0.3) is 0 Å². The average Bonchev–Trinajstić information content (AvgIpc) is 0.884. The molecule has 40 nitrogen and oxygen atoms in total. The summed E-state index contributed by atoms with van der Waals surface area (Å²) in [6.07, 6.45) is -10.2. The van der Waals surface area contributed by atoms with Gasteiger partial charge in [-0.1, -0.05) is 83.0 Å². The van der Waals surface area contributed by atoms with Gasteiger partial charge in [-0.3, -0.25) is 76.7 Å². The van der Waals surface area contributed by atoms with Crippen molar-refractivity contribution in [3.8, 4) is 5.75 Å². The van der Waals surface area contributed by atoms with Crippen LogP contribution in [0.1, 0.15) is 100.0 Å². The summed E-state index contributed by atoms with van der Waals surface area (Å²) in [4.78, 5) is 243. The number of aliphatic carboxylic acids is 3. The number of alkyl halides is 3. The quantitative estimate of drug-likeness (QED) is 0.0480. The first kappa shape index (κ1) is 96.6. The molecule has 15 amide bonds. The lowest BCUT2D eigenvalue weighted by Crippen LogP contribution is -2.62. The van der Waals surface area contributed by atoms with E-state index in [1.165, 1.54) is 45.0 Å². The number of aromatic hydroxyl groups is 1. The van der Waals surface area contributed by atoms with E-state index < -0.39 is 264 Å². The van der Waals surface area contributed by atoms with E-state index in [9.17, 15) is 120 Å². The van der Waals surface area contributed by atoms with Crippen LogP contribution in [0.3, 0.4) is 0 Å². The number of phenolic OH excluding ortho intramolecular Hbond substituents is 1. The Morgan fingerprint density at radius 3 is 1.62 bits per heavy atom. The first-order valence-electron chi connectivity index (χ1n) is 33.5. The standard InChI is InChI=1S/C60H90N16O22S4.C2HF3O2.CH4/c1-8-25(2)44-58(95)72-37-21-101-102-24-40(60(97)98)67-42(81)20-63-57(94)45(29(6)77)75-56(93)39(71-49(86)27(4)64-47(84)26(3)65-52(89)35(18-31-11-13-32(79)14-12-31)69-48(85)28(5)66-54(37)91)23-100-99-22-38(55(92)68-34(51(88)74-44)15-16-43(82)83)73-59(96)46(30(7)78)76-53(90)36(19-41(61)80)70-50(87)33-10-9-17-62-33;3-2(4,5)1(6)7;/h11-14,25-30,33-40,44-46,62,77-79H,8-10,15-24H2,1-7H3,(H2,61,80)(H,63,94)(H,64,84)(H,65,89)(H,66,91)(H,67,81)(H,68,92)(H,69,85)(H,70,87)(H,71,86)(H,72,95)(H,73,96)(H,74,88)(H,75,93)(H,76,90)(H,82,83)(H,97,98);(H,6,7);1H4/t25-,26-,27-,28-,29+,30+,33-,34-,35-,36-,37-,38-,39-,40-,44-,45-,46-;;/m0../s1. The number of carbonyl (C=O) groups excluding carboxylic acids is 15. The second-order valence-electron chi connectivity index (χ2n) is 25.1. The van der Waals surface area contributed by atoms with E-state index in [1.807, 2.05) is 0 Å². The molecule has 1 aromatic carbocycles. The lowest BCUT2D eigenvalue weighted by Gasteiger charge is -2.30. The van der Waals surface area contributed by atoms with E-state index in [4.69, 9.17) is 15.6 Å². The number of hydrogen-bond acceptors (Lipinski definition) is 26. The molecule has 0 aliphatic carbocycles. The molecule has 616 valence electrons. The number of rotatable bonds is 18. The zero-order valence-electron chi connectivity index (χ0n) is 59.7. The van der Waals surface area contributed by atoms with Crippen LogP contribution in [0.4, 0.5) is 13.2 Å². The minimum Gasteiger partial charge on any atom is -0.508 e. The van der Waals surface area contributed by atoms with Crippen molar-refractivity contribution in [1.29, 1.82) is 0 Å². The Kier molecular flexibility index (Phi) is 41.2. The number of carbonyl (C=O) groups is 18. The number of hydrogen-bond donors (Lipinski definition) is 22. The van der Waals surface area contributed by atoms with E-state index in [0.717, 1.165) is 42.4 Å². The molecule has 2 bridgehead atoms. The first-order chi connectivity index (χ1) is 50.9. The maximum Gasteiger partial charge on any atom is 0.490 e. The topological polar surface area (TPSA) is 635 Å². The molecule has 0 unspecified atom stereocenters. The second-order valence-corrected chi connectivity index (χ2v) is 30.2. The Labute approximate surface area is 643 Å². The minimum absolute atomic E-state index is 0. The molecule has 47 heteroatoms. The lowest BCUT2D eigenvalue weighted by atomic mass is 9.97. The third-order valence-electron chi connectivity index (χ3n) is 16.2. The zero-order valence-corrected chi connectivity index (χ0v) is 63.0. The normalized spacial score (nSPS) is 26.0. The zero-order chi connectivity index (χ0) is 82.3. The number of nitrogens with one attached hydrogen (secondary N) is 15. The molecular weight excluding hydrogens is 1550 g/mol. The summed E-state index contributed by atoms with van der Waals surface area (Å²) in [6.45, 7) is 8.30. The number of halogens is 3. The van der Waals surface area contributed by atoms with Crippen LogP contribution < -0.4 is 85.5 Å². The molecule has 0 saturated carbocycles. The summed E-state index contributed by atoms with van der Waals surface area (Å²) in [5, 5.41) is 95.2. The van der Waals surface area contributed by atoms with Gasteiger partial charge in [0.25, 0.3) is 0 Å². The van der Waals surface area contributed by atoms with E-state index in [-0.39, 0.29) is 26.0 Å². The van der Waals surface area contributed by atoms with Crippen molar-refractivity contribution in [2.75, 3.05) is 36.1 Å². The fraction of sp³-hybridized carbons (Fsp3) is 0.619.